The quantitative estimate of drug-likeness (QED) is 0.534. The maximum atomic E-state index is 8.61. The molecule has 0 bridgehead atoms. The largest absolute Gasteiger partial charge is 0.261 e. The van der Waals surface area contributed by atoms with E-state index in [1.54, 1.807) is 0 Å². The Morgan fingerprint density at radius 2 is 1.75 bits per heavy atom. The summed E-state index contributed by atoms with van der Waals surface area (Å²) in [5.41, 5.74) is 4.79. The molecule has 4 rings (SSSR count). The summed E-state index contributed by atoms with van der Waals surface area (Å²) in [7, 11) is -0.0988. The molecule has 2 saturated heterocycles. The molecule has 4 nitrogen and oxygen atoms in total. The number of pyridine rings is 2. The first-order chi connectivity index (χ1) is 13.2. The van der Waals surface area contributed by atoms with Crippen molar-refractivity contribution in [3.63, 3.8) is 0 Å². The third-order valence-corrected chi connectivity index (χ3v) is 8.47. The fraction of sp³-hybridized carbons (Fsp3) is 0.500. The van der Waals surface area contributed by atoms with Gasteiger partial charge in [0.1, 0.15) is 0 Å². The number of nitrogens with zero attached hydrogens (tertiary/aromatic N) is 4. The summed E-state index contributed by atoms with van der Waals surface area (Å²) in [6.45, 7) is 4.02. The smallest absolute Gasteiger partial charge is 0.212 e. The van der Waals surface area contributed by atoms with Gasteiger partial charge >= 0.3 is 0 Å². The molecule has 3 atom stereocenters. The second-order valence-electron chi connectivity index (χ2n) is 6.89. The van der Waals surface area contributed by atoms with Gasteiger partial charge in [-0.3, -0.25) is 9.97 Å². The summed E-state index contributed by atoms with van der Waals surface area (Å²) in [6, 6.07) is 8.46. The van der Waals surface area contributed by atoms with E-state index in [-0.39, 0.29) is 19.5 Å². The van der Waals surface area contributed by atoms with Gasteiger partial charge in [0.2, 0.25) is 6.19 Å². The van der Waals surface area contributed by atoms with Gasteiger partial charge in [-0.25, -0.2) is 0 Å². The summed E-state index contributed by atoms with van der Waals surface area (Å²) in [6.07, 6.45) is 10.9. The molecule has 152 valence electrons. The molecule has 0 radical (unpaired) electrons. The normalized spacial score (nSPS) is 23.4. The lowest BCUT2D eigenvalue weighted by molar-refractivity contribution is 0.823. The van der Waals surface area contributed by atoms with Crippen LogP contribution in [0.1, 0.15) is 67.6 Å². The number of rotatable bonds is 2. The molecule has 2 aromatic rings. The monoisotopic (exact) mass is 417 g/mol. The van der Waals surface area contributed by atoms with E-state index in [2.05, 4.69) is 44.3 Å². The van der Waals surface area contributed by atoms with Gasteiger partial charge in [-0.2, -0.15) is 21.4 Å². The average Bonchev–Trinajstić information content (AvgIpc) is 3.36. The minimum atomic E-state index is -0.0988. The van der Waals surface area contributed by atoms with E-state index in [1.165, 1.54) is 36.1 Å². The molecule has 6 heteroatoms. The van der Waals surface area contributed by atoms with Gasteiger partial charge in [-0.1, -0.05) is 30.3 Å². The fourth-order valence-electron chi connectivity index (χ4n) is 3.36. The van der Waals surface area contributed by atoms with Crippen LogP contribution in [0.3, 0.4) is 0 Å². The van der Waals surface area contributed by atoms with Crippen molar-refractivity contribution >= 4 is 22.5 Å². The molecular weight excluding hydrogens is 384 g/mol. The fourth-order valence-corrected chi connectivity index (χ4v) is 6.61. The van der Waals surface area contributed by atoms with E-state index >= 15 is 0 Å². The van der Waals surface area contributed by atoms with E-state index in [1.807, 2.05) is 38.5 Å². The third-order valence-electron chi connectivity index (χ3n) is 4.85. The maximum Gasteiger partial charge on any atom is 0.212 e. The first kappa shape index (κ1) is 22.6. The second-order valence-corrected chi connectivity index (χ2v) is 10.2. The predicted octanol–water partition coefficient (Wildman–Crippen LogP) is 6.35. The van der Waals surface area contributed by atoms with Crippen molar-refractivity contribution in [1.82, 2.24) is 9.97 Å². The van der Waals surface area contributed by atoms with Crippen molar-refractivity contribution in [2.75, 3.05) is 11.5 Å². The van der Waals surface area contributed by atoms with E-state index in [9.17, 15) is 0 Å². The zero-order chi connectivity index (χ0) is 19.1. The van der Waals surface area contributed by atoms with E-state index in [0.29, 0.717) is 5.25 Å². The first-order valence-corrected chi connectivity index (χ1v) is 11.9. The van der Waals surface area contributed by atoms with E-state index in [4.69, 9.17) is 5.26 Å². The highest BCUT2D eigenvalue weighted by Crippen LogP contribution is 2.39. The average molecular weight is 418 g/mol. The Bertz CT molecular complexity index is 810. The number of thioether (sulfide) groups is 1. The zero-order valence-electron chi connectivity index (χ0n) is 16.0. The number of hydrogen-bond donors (Lipinski definition) is 0. The molecule has 0 N–H and O–H groups in total. The lowest BCUT2D eigenvalue weighted by Crippen LogP contribution is -2.00. The van der Waals surface area contributed by atoms with Gasteiger partial charge < -0.3 is 0 Å². The molecule has 0 spiro atoms. The van der Waals surface area contributed by atoms with Crippen LogP contribution in [0.25, 0.3) is 0 Å². The number of nitriles is 1. The predicted molar refractivity (Wildman–Crippen MR) is 123 cm³/mol. The van der Waals surface area contributed by atoms with Crippen LogP contribution in [0.5, 0.6) is 0 Å². The van der Waals surface area contributed by atoms with Gasteiger partial charge in [-0.05, 0) is 68.5 Å². The Balaban J connectivity index is 0.000000277. The molecule has 0 amide bonds. The summed E-state index contributed by atoms with van der Waals surface area (Å²) in [5.74, 6) is 2.38. The van der Waals surface area contributed by atoms with Crippen LogP contribution in [-0.2, 0) is 10.7 Å². The lowest BCUT2D eigenvalue weighted by Gasteiger charge is -2.10. The van der Waals surface area contributed by atoms with Gasteiger partial charge in [0, 0.05) is 41.5 Å². The Labute approximate surface area is 177 Å². The second kappa shape index (κ2) is 11.3. The van der Waals surface area contributed by atoms with Crippen molar-refractivity contribution in [3.8, 4) is 6.19 Å². The van der Waals surface area contributed by atoms with Gasteiger partial charge in [0.15, 0.2) is 0 Å². The summed E-state index contributed by atoms with van der Waals surface area (Å²) >= 11 is 2.06. The Morgan fingerprint density at radius 1 is 1.07 bits per heavy atom. The Kier molecular flexibility index (Phi) is 9.14. The van der Waals surface area contributed by atoms with Gasteiger partial charge in [0.25, 0.3) is 0 Å². The molecule has 2 fully saturated rings. The van der Waals surface area contributed by atoms with Crippen molar-refractivity contribution < 1.29 is 1.43 Å². The number of hydrogen-bond acceptors (Lipinski definition) is 5. The van der Waals surface area contributed by atoms with Crippen molar-refractivity contribution in [3.05, 3.63) is 59.2 Å². The minimum absolute atomic E-state index is 0. The van der Waals surface area contributed by atoms with Crippen LogP contribution in [0.2, 0.25) is 0 Å². The van der Waals surface area contributed by atoms with Gasteiger partial charge in [0.05, 0.1) is 0 Å². The Morgan fingerprint density at radius 3 is 2.29 bits per heavy atom. The van der Waals surface area contributed by atoms with Crippen LogP contribution in [0.15, 0.2) is 41.0 Å². The highest BCUT2D eigenvalue weighted by atomic mass is 32.2. The molecular formula is C22H32N4S2. The topological polar surface area (TPSA) is 61.9 Å². The Hall–Kier alpha value is -1.71. The lowest BCUT2D eigenvalue weighted by atomic mass is 10.1. The maximum absolute atomic E-state index is 8.61. The van der Waals surface area contributed by atoms with Crippen LogP contribution >= 0.6 is 11.8 Å². The minimum Gasteiger partial charge on any atom is -0.261 e. The van der Waals surface area contributed by atoms with Crippen LogP contribution in [0.4, 0.5) is 0 Å². The molecule has 4 heterocycles. The number of aromatic nitrogens is 2. The summed E-state index contributed by atoms with van der Waals surface area (Å²) in [4.78, 5) is 8.61. The van der Waals surface area contributed by atoms with Crippen molar-refractivity contribution in [2.45, 2.75) is 57.5 Å². The molecule has 3 unspecified atom stereocenters. The van der Waals surface area contributed by atoms with Crippen LogP contribution in [-0.4, -0.2) is 21.5 Å². The highest BCUT2D eigenvalue weighted by molar-refractivity contribution is 7.99. The zero-order valence-corrected chi connectivity index (χ0v) is 17.6. The van der Waals surface area contributed by atoms with Crippen LogP contribution < -0.4 is 0 Å². The van der Waals surface area contributed by atoms with E-state index in [0.717, 1.165) is 28.8 Å². The molecule has 2 aromatic heterocycles. The molecule has 2 aliphatic heterocycles. The molecule has 0 aliphatic carbocycles. The standard InChI is InChI=1S/C11H13N3S.C10H13NS.CH4.H2/c1-9-4-5-10(7-13-9)11-3-2-6-15(11)14-8-12;1-8-4-5-9(7-11-8)10-3-2-6-12-10;;/h4-5,7,11H,2-3,6H2,1H3;4-5,7,10H,2-3,6H2,1H3;1H4;1H/i;;;1+1. The van der Waals surface area contributed by atoms with Crippen molar-refractivity contribution in [1.29, 1.82) is 5.26 Å². The SMILES string of the molecule is C.Cc1ccc(C2CCCS2)cn1.Cc1ccc(C2CCCS2=NC#N)cn1.[2HH]. The molecule has 0 aromatic carbocycles. The van der Waals surface area contributed by atoms with Crippen LogP contribution in [0, 0.1) is 25.3 Å². The van der Waals surface area contributed by atoms with Gasteiger partial charge in [-0.15, -0.1) is 0 Å². The first-order valence-electron chi connectivity index (χ1n) is 9.43. The molecule has 2 aliphatic rings. The third kappa shape index (κ3) is 6.15. The van der Waals surface area contributed by atoms with Crippen molar-refractivity contribution in [2.24, 2.45) is 4.36 Å². The summed E-state index contributed by atoms with van der Waals surface area (Å²) < 4.78 is 4.01. The molecule has 0 saturated carbocycles. The highest BCUT2D eigenvalue weighted by Gasteiger charge is 2.23. The summed E-state index contributed by atoms with van der Waals surface area (Å²) in [5, 5.41) is 9.76. The van der Waals surface area contributed by atoms with E-state index < -0.39 is 0 Å². The number of aryl methyl sites for hydroxylation is 2. The molecule has 28 heavy (non-hydrogen) atoms.